The van der Waals surface area contributed by atoms with Gasteiger partial charge in [-0.15, -0.1) is 24.0 Å². The van der Waals surface area contributed by atoms with Crippen LogP contribution in [0.25, 0.3) is 0 Å². The van der Waals surface area contributed by atoms with E-state index in [0.29, 0.717) is 19.4 Å². The summed E-state index contributed by atoms with van der Waals surface area (Å²) in [5, 5.41) is 6.65. The van der Waals surface area contributed by atoms with Crippen LogP contribution in [0.5, 0.6) is 0 Å². The molecule has 1 heterocycles. The lowest BCUT2D eigenvalue weighted by Crippen LogP contribution is -2.37. The van der Waals surface area contributed by atoms with Crippen molar-refractivity contribution in [2.24, 2.45) is 4.99 Å². The van der Waals surface area contributed by atoms with Gasteiger partial charge in [-0.1, -0.05) is 25.0 Å². The molecule has 0 aromatic heterocycles. The summed E-state index contributed by atoms with van der Waals surface area (Å²) in [7, 11) is 1.76. The van der Waals surface area contributed by atoms with Crippen molar-refractivity contribution in [3.63, 3.8) is 0 Å². The Hall–Kier alpha value is -1.84. The number of amides is 1. The summed E-state index contributed by atoms with van der Waals surface area (Å²) in [6, 6.07) is 8.11. The number of esters is 1. The number of benzene rings is 1. The van der Waals surface area contributed by atoms with Gasteiger partial charge < -0.3 is 20.3 Å². The molecule has 8 heteroatoms. The van der Waals surface area contributed by atoms with Gasteiger partial charge in [0.1, 0.15) is 5.60 Å². The molecule has 0 radical (unpaired) electrons. The lowest BCUT2D eigenvalue weighted by atomic mass is 10.1. The molecular formula is C24H39IN4O3. The number of nitrogens with one attached hydrogen (secondary N) is 2. The topological polar surface area (TPSA) is 83.0 Å². The molecule has 1 aliphatic rings. The van der Waals surface area contributed by atoms with Crippen molar-refractivity contribution < 1.29 is 14.3 Å². The second-order valence-electron chi connectivity index (χ2n) is 8.92. The van der Waals surface area contributed by atoms with Gasteiger partial charge >= 0.3 is 5.97 Å². The van der Waals surface area contributed by atoms with Crippen molar-refractivity contribution in [2.75, 3.05) is 25.0 Å². The first-order chi connectivity index (χ1) is 14.8. The summed E-state index contributed by atoms with van der Waals surface area (Å²) in [5.74, 6) is 0.864. The zero-order valence-electron chi connectivity index (χ0n) is 19.9. The Morgan fingerprint density at radius 3 is 2.38 bits per heavy atom. The van der Waals surface area contributed by atoms with Gasteiger partial charge in [0.05, 0.1) is 0 Å². The number of carbonyl (C=O) groups is 2. The van der Waals surface area contributed by atoms with Crippen LogP contribution in [-0.4, -0.2) is 43.6 Å². The largest absolute Gasteiger partial charge is 0.460 e. The first kappa shape index (κ1) is 28.2. The van der Waals surface area contributed by atoms with Crippen molar-refractivity contribution >= 4 is 47.5 Å². The number of carbonyl (C=O) groups excluding carboxylic acids is 2. The molecule has 1 aromatic rings. The molecule has 32 heavy (non-hydrogen) atoms. The van der Waals surface area contributed by atoms with Crippen LogP contribution in [0.3, 0.4) is 0 Å². The number of unbranched alkanes of at least 4 members (excludes halogenated alkanes) is 3. The summed E-state index contributed by atoms with van der Waals surface area (Å²) in [5.41, 5.74) is 1.71. The van der Waals surface area contributed by atoms with Crippen molar-refractivity contribution in [2.45, 2.75) is 77.9 Å². The highest BCUT2D eigenvalue weighted by Crippen LogP contribution is 2.21. The van der Waals surface area contributed by atoms with E-state index in [4.69, 9.17) is 4.74 Å². The van der Waals surface area contributed by atoms with E-state index < -0.39 is 5.60 Å². The molecule has 1 amide bonds. The van der Waals surface area contributed by atoms with Gasteiger partial charge in [-0.25, -0.2) is 0 Å². The van der Waals surface area contributed by atoms with Crippen molar-refractivity contribution in [3.05, 3.63) is 29.8 Å². The molecule has 2 rings (SSSR count). The average Bonchev–Trinajstić information content (AvgIpc) is 3.14. The molecule has 0 spiro atoms. The van der Waals surface area contributed by atoms with Crippen LogP contribution in [0.2, 0.25) is 0 Å². The minimum atomic E-state index is -0.404. The predicted molar refractivity (Wildman–Crippen MR) is 141 cm³/mol. The standard InChI is InChI=1S/C24H38N4O3.HI/c1-24(2,3)31-22(30)11-7-5-6-8-16-26-23(25-4)27-18-19-12-14-20(15-13-19)28-17-9-10-21(28)29;/h12-15H,5-11,16-18H2,1-4H3,(H2,25,26,27);1H. The maximum Gasteiger partial charge on any atom is 0.306 e. The Labute approximate surface area is 209 Å². The third-order valence-corrected chi connectivity index (χ3v) is 5.03. The lowest BCUT2D eigenvalue weighted by molar-refractivity contribution is -0.154. The highest BCUT2D eigenvalue weighted by atomic mass is 127. The molecule has 0 saturated carbocycles. The maximum absolute atomic E-state index is 11.8. The fourth-order valence-corrected chi connectivity index (χ4v) is 3.47. The van der Waals surface area contributed by atoms with Crippen molar-refractivity contribution in [1.82, 2.24) is 10.6 Å². The van der Waals surface area contributed by atoms with Gasteiger partial charge in [-0.2, -0.15) is 0 Å². The highest BCUT2D eigenvalue weighted by Gasteiger charge is 2.21. The molecule has 1 saturated heterocycles. The molecule has 0 atom stereocenters. The van der Waals surface area contributed by atoms with E-state index >= 15 is 0 Å². The Balaban J connectivity index is 0.00000512. The van der Waals surface area contributed by atoms with Gasteiger partial charge in [0.25, 0.3) is 0 Å². The normalized spacial score (nSPS) is 14.2. The summed E-state index contributed by atoms with van der Waals surface area (Å²) < 4.78 is 5.32. The number of nitrogens with zero attached hydrogens (tertiary/aromatic N) is 2. The fraction of sp³-hybridized carbons (Fsp3) is 0.625. The Bertz CT molecular complexity index is 745. The molecule has 0 bridgehead atoms. The van der Waals surface area contributed by atoms with E-state index in [9.17, 15) is 9.59 Å². The molecule has 7 nitrogen and oxygen atoms in total. The number of hydrogen-bond donors (Lipinski definition) is 2. The fourth-order valence-electron chi connectivity index (χ4n) is 3.47. The van der Waals surface area contributed by atoms with Gasteiger partial charge in [-0.05, 0) is 57.7 Å². The molecule has 2 N–H and O–H groups in total. The first-order valence-electron chi connectivity index (χ1n) is 11.3. The van der Waals surface area contributed by atoms with E-state index in [2.05, 4.69) is 15.6 Å². The van der Waals surface area contributed by atoms with Gasteiger partial charge in [0.15, 0.2) is 5.96 Å². The maximum atomic E-state index is 11.8. The Morgan fingerprint density at radius 2 is 1.78 bits per heavy atom. The molecule has 1 aliphatic heterocycles. The summed E-state index contributed by atoms with van der Waals surface area (Å²) in [6.07, 6.45) is 6.03. The van der Waals surface area contributed by atoms with E-state index in [0.717, 1.165) is 62.4 Å². The average molecular weight is 559 g/mol. The number of halogens is 1. The number of hydrogen-bond acceptors (Lipinski definition) is 4. The SMILES string of the molecule is CN=C(NCCCCCCC(=O)OC(C)(C)C)NCc1ccc(N2CCCC2=O)cc1.I. The molecule has 1 aromatic carbocycles. The highest BCUT2D eigenvalue weighted by molar-refractivity contribution is 14.0. The van der Waals surface area contributed by atoms with Crippen LogP contribution < -0.4 is 15.5 Å². The van der Waals surface area contributed by atoms with Gasteiger partial charge in [-0.3, -0.25) is 14.6 Å². The summed E-state index contributed by atoms with van der Waals surface area (Å²) >= 11 is 0. The third kappa shape index (κ3) is 10.7. The smallest absolute Gasteiger partial charge is 0.306 e. The second-order valence-corrected chi connectivity index (χ2v) is 8.92. The predicted octanol–water partition coefficient (Wildman–Crippen LogP) is 4.39. The molecular weight excluding hydrogens is 519 g/mol. The number of rotatable bonds is 10. The minimum Gasteiger partial charge on any atom is -0.460 e. The van der Waals surface area contributed by atoms with Crippen LogP contribution in [0, 0.1) is 0 Å². The summed E-state index contributed by atoms with van der Waals surface area (Å²) in [4.78, 5) is 29.7. The van der Waals surface area contributed by atoms with Gasteiger partial charge in [0.2, 0.25) is 5.91 Å². The van der Waals surface area contributed by atoms with Crippen molar-refractivity contribution in [3.8, 4) is 0 Å². The molecule has 180 valence electrons. The van der Waals surface area contributed by atoms with Crippen LogP contribution >= 0.6 is 24.0 Å². The van der Waals surface area contributed by atoms with Crippen LogP contribution in [0.1, 0.15) is 71.3 Å². The minimum absolute atomic E-state index is 0. The molecule has 0 aliphatic carbocycles. The van der Waals surface area contributed by atoms with Crippen molar-refractivity contribution in [1.29, 1.82) is 0 Å². The number of guanidine groups is 1. The summed E-state index contributed by atoms with van der Waals surface area (Å²) in [6.45, 7) is 8.00. The zero-order chi connectivity index (χ0) is 22.7. The third-order valence-electron chi connectivity index (χ3n) is 5.03. The van der Waals surface area contributed by atoms with Crippen LogP contribution in [0.15, 0.2) is 29.3 Å². The Morgan fingerprint density at radius 1 is 1.09 bits per heavy atom. The number of aliphatic imine (C=N–C) groups is 1. The monoisotopic (exact) mass is 558 g/mol. The Kier molecular flexibility index (Phi) is 12.6. The first-order valence-corrected chi connectivity index (χ1v) is 11.3. The lowest BCUT2D eigenvalue weighted by Gasteiger charge is -2.19. The van der Waals surface area contributed by atoms with E-state index in [1.54, 1.807) is 7.05 Å². The van der Waals surface area contributed by atoms with E-state index in [-0.39, 0.29) is 35.9 Å². The van der Waals surface area contributed by atoms with Gasteiger partial charge in [0, 0.05) is 45.2 Å². The zero-order valence-corrected chi connectivity index (χ0v) is 22.2. The van der Waals surface area contributed by atoms with Crippen LogP contribution in [0.4, 0.5) is 5.69 Å². The number of ether oxygens (including phenoxy) is 1. The molecule has 1 fully saturated rings. The van der Waals surface area contributed by atoms with Crippen LogP contribution in [-0.2, 0) is 20.9 Å². The quantitative estimate of drug-likeness (QED) is 0.146. The second kappa shape index (κ2) is 14.3. The number of anilines is 1. The van der Waals surface area contributed by atoms with E-state index in [1.807, 2.05) is 49.9 Å². The van der Waals surface area contributed by atoms with E-state index in [1.165, 1.54) is 0 Å². The molecule has 0 unspecified atom stereocenters.